The highest BCUT2D eigenvalue weighted by atomic mass is 32.2. The molecule has 9 N–H and O–H groups in total. The number of nitrogens with zero attached hydrogens (tertiary/aromatic N) is 1. The van der Waals surface area contributed by atoms with E-state index in [4.69, 9.17) is 5.73 Å². The number of fused-ring (bicyclic) bond motifs is 1. The van der Waals surface area contributed by atoms with Crippen molar-refractivity contribution in [3.8, 4) is 0 Å². The van der Waals surface area contributed by atoms with E-state index in [9.17, 15) is 34.2 Å². The maximum Gasteiger partial charge on any atom is 0.326 e. The van der Waals surface area contributed by atoms with Crippen molar-refractivity contribution in [2.75, 3.05) is 12.0 Å². The molecule has 1 aromatic carbocycles. The lowest BCUT2D eigenvalue weighted by Crippen LogP contribution is -2.57. The Morgan fingerprint density at radius 3 is 2.29 bits per heavy atom. The third-order valence-electron chi connectivity index (χ3n) is 6.57. The zero-order valence-corrected chi connectivity index (χ0v) is 23.8. The van der Waals surface area contributed by atoms with E-state index in [1.165, 1.54) is 24.3 Å². The first-order valence-electron chi connectivity index (χ1n) is 13.2. The Hall–Kier alpha value is -4.37. The minimum absolute atomic E-state index is 0.0249. The maximum atomic E-state index is 13.6. The molecular weight excluding hydrogens is 566 g/mol. The van der Waals surface area contributed by atoms with Crippen molar-refractivity contribution in [2.24, 2.45) is 5.73 Å². The van der Waals surface area contributed by atoms with Crippen molar-refractivity contribution >= 4 is 52.3 Å². The van der Waals surface area contributed by atoms with Gasteiger partial charge in [-0.3, -0.25) is 19.2 Å². The van der Waals surface area contributed by atoms with Gasteiger partial charge >= 0.3 is 11.9 Å². The van der Waals surface area contributed by atoms with Gasteiger partial charge in [-0.25, -0.2) is 9.78 Å². The lowest BCUT2D eigenvalue weighted by atomic mass is 10.0. The van der Waals surface area contributed by atoms with Crippen molar-refractivity contribution in [2.45, 2.75) is 56.3 Å². The number of para-hydroxylation sites is 1. The number of carbonyl (C=O) groups excluding carboxylic acids is 3. The van der Waals surface area contributed by atoms with Crippen LogP contribution in [0.5, 0.6) is 0 Å². The zero-order valence-electron chi connectivity index (χ0n) is 23.0. The summed E-state index contributed by atoms with van der Waals surface area (Å²) in [5.74, 6) is -4.22. The summed E-state index contributed by atoms with van der Waals surface area (Å²) in [5, 5.41) is 27.1. The monoisotopic (exact) mass is 601 g/mol. The number of nitrogens with two attached hydrogens (primary N) is 1. The van der Waals surface area contributed by atoms with Gasteiger partial charge in [0, 0.05) is 48.3 Å². The van der Waals surface area contributed by atoms with E-state index in [0.29, 0.717) is 17.0 Å². The molecule has 15 heteroatoms. The second-order valence-electron chi connectivity index (χ2n) is 9.69. The van der Waals surface area contributed by atoms with Crippen LogP contribution in [0.4, 0.5) is 0 Å². The number of amides is 3. The number of aromatic nitrogens is 3. The lowest BCUT2D eigenvalue weighted by molar-refractivity contribution is -0.143. The number of carbonyl (C=O) groups is 5. The van der Waals surface area contributed by atoms with Gasteiger partial charge in [-0.05, 0) is 36.5 Å². The molecule has 0 radical (unpaired) electrons. The molecule has 14 nitrogen and oxygen atoms in total. The van der Waals surface area contributed by atoms with Crippen LogP contribution in [0.25, 0.3) is 10.9 Å². The lowest BCUT2D eigenvalue weighted by Gasteiger charge is -2.25. The summed E-state index contributed by atoms with van der Waals surface area (Å²) >= 11 is 1.40. The first kappa shape index (κ1) is 32.1. The molecule has 0 spiro atoms. The molecule has 0 aliphatic carbocycles. The normalized spacial score (nSPS) is 14.0. The van der Waals surface area contributed by atoms with Crippen LogP contribution in [-0.2, 0) is 36.8 Å². The molecule has 0 saturated heterocycles. The number of thioether (sulfide) groups is 1. The fourth-order valence-electron chi connectivity index (χ4n) is 4.31. The Labute approximate surface area is 245 Å². The number of carboxylic acid groups (broad SMARTS) is 2. The highest BCUT2D eigenvalue weighted by molar-refractivity contribution is 7.98. The zero-order chi connectivity index (χ0) is 30.6. The van der Waals surface area contributed by atoms with Crippen molar-refractivity contribution in [1.82, 2.24) is 30.9 Å². The van der Waals surface area contributed by atoms with Crippen LogP contribution >= 0.6 is 11.8 Å². The van der Waals surface area contributed by atoms with E-state index in [1.54, 1.807) is 12.5 Å². The van der Waals surface area contributed by atoms with Crippen LogP contribution in [0.2, 0.25) is 0 Å². The summed E-state index contributed by atoms with van der Waals surface area (Å²) < 4.78 is 0. The highest BCUT2D eigenvalue weighted by Crippen LogP contribution is 2.19. The number of benzene rings is 1. The van der Waals surface area contributed by atoms with Crippen LogP contribution in [0, 0.1) is 0 Å². The predicted molar refractivity (Wildman–Crippen MR) is 156 cm³/mol. The number of aliphatic carboxylic acids is 2. The minimum atomic E-state index is -1.37. The Kier molecular flexibility index (Phi) is 11.9. The van der Waals surface area contributed by atoms with Gasteiger partial charge < -0.3 is 41.9 Å². The molecule has 0 aliphatic heterocycles. The Bertz CT molecular complexity index is 1380. The van der Waals surface area contributed by atoms with Gasteiger partial charge in [0.1, 0.15) is 18.1 Å². The van der Waals surface area contributed by atoms with Crippen molar-refractivity contribution in [3.63, 3.8) is 0 Å². The topological polar surface area (TPSA) is 232 Å². The number of hydrogen-bond acceptors (Lipinski definition) is 8. The van der Waals surface area contributed by atoms with E-state index < -0.39 is 60.2 Å². The standard InChI is InChI=1S/C27H35N7O7S/c1-42-9-8-21(27(40)41)33-25(38)20(6-7-23(35)36)32-26(39)22(10-15-12-30-19-5-3-2-4-17(15)19)34-24(37)18(28)11-16-13-29-14-31-16/h2-5,12-14,18,20-22,30H,6-11,28H2,1H3,(H,29,31)(H,32,39)(H,33,38)(H,34,37)(H,35,36)(H,40,41). The molecule has 3 aromatic rings. The Morgan fingerprint density at radius 1 is 0.929 bits per heavy atom. The summed E-state index contributed by atoms with van der Waals surface area (Å²) in [5.41, 5.74) is 8.24. The summed E-state index contributed by atoms with van der Waals surface area (Å²) in [6, 6.07) is 2.57. The molecule has 4 atom stereocenters. The molecule has 2 aromatic heterocycles. The van der Waals surface area contributed by atoms with Gasteiger partial charge in [0.25, 0.3) is 0 Å². The molecule has 0 fully saturated rings. The minimum Gasteiger partial charge on any atom is -0.481 e. The fourth-order valence-corrected chi connectivity index (χ4v) is 4.78. The third-order valence-corrected chi connectivity index (χ3v) is 7.21. The number of imidazole rings is 1. The average Bonchev–Trinajstić information content (AvgIpc) is 3.62. The number of rotatable bonds is 17. The molecule has 3 amide bonds. The second kappa shape index (κ2) is 15.6. The first-order chi connectivity index (χ1) is 20.1. The van der Waals surface area contributed by atoms with E-state index in [0.717, 1.165) is 10.9 Å². The predicted octanol–water partition coefficient (Wildman–Crippen LogP) is 0.160. The van der Waals surface area contributed by atoms with Crippen molar-refractivity contribution in [1.29, 1.82) is 0 Å². The molecule has 2 heterocycles. The van der Waals surface area contributed by atoms with Crippen LogP contribution in [0.3, 0.4) is 0 Å². The summed E-state index contributed by atoms with van der Waals surface area (Å²) in [7, 11) is 0. The quantitative estimate of drug-likeness (QED) is 0.104. The highest BCUT2D eigenvalue weighted by Gasteiger charge is 2.31. The van der Waals surface area contributed by atoms with Crippen LogP contribution in [0.1, 0.15) is 30.5 Å². The van der Waals surface area contributed by atoms with Crippen molar-refractivity contribution < 1.29 is 34.2 Å². The number of hydrogen-bond donors (Lipinski definition) is 8. The van der Waals surface area contributed by atoms with Crippen LogP contribution in [0.15, 0.2) is 43.0 Å². The number of aromatic amines is 2. The average molecular weight is 602 g/mol. The van der Waals surface area contributed by atoms with Crippen molar-refractivity contribution in [3.05, 3.63) is 54.2 Å². The van der Waals surface area contributed by atoms with Crippen LogP contribution < -0.4 is 21.7 Å². The molecule has 42 heavy (non-hydrogen) atoms. The first-order valence-corrected chi connectivity index (χ1v) is 14.6. The number of carboxylic acids is 2. The molecule has 0 saturated carbocycles. The second-order valence-corrected chi connectivity index (χ2v) is 10.7. The van der Waals surface area contributed by atoms with E-state index in [-0.39, 0.29) is 25.7 Å². The Morgan fingerprint density at radius 2 is 1.62 bits per heavy atom. The molecule has 0 aliphatic rings. The largest absolute Gasteiger partial charge is 0.481 e. The SMILES string of the molecule is CSCCC(NC(=O)C(CCC(=O)O)NC(=O)C(Cc1c[nH]c2ccccc12)NC(=O)C(N)Cc1cnc[nH]1)C(=O)O. The molecular formula is C27H35N7O7S. The van der Waals surface area contributed by atoms with Gasteiger partial charge in [-0.1, -0.05) is 18.2 Å². The fraction of sp³-hybridized carbons (Fsp3) is 0.407. The van der Waals surface area contributed by atoms with Gasteiger partial charge in [0.05, 0.1) is 12.4 Å². The molecule has 0 bridgehead atoms. The molecule has 3 rings (SSSR count). The summed E-state index contributed by atoms with van der Waals surface area (Å²) in [6.07, 6.45) is 6.00. The Balaban J connectivity index is 1.82. The van der Waals surface area contributed by atoms with Gasteiger partial charge in [-0.15, -0.1) is 0 Å². The summed E-state index contributed by atoms with van der Waals surface area (Å²) in [4.78, 5) is 72.6. The molecule has 226 valence electrons. The molecule has 4 unspecified atom stereocenters. The van der Waals surface area contributed by atoms with Gasteiger partial charge in [0.15, 0.2) is 0 Å². The van der Waals surface area contributed by atoms with Gasteiger partial charge in [0.2, 0.25) is 17.7 Å². The smallest absolute Gasteiger partial charge is 0.326 e. The third kappa shape index (κ3) is 9.34. The summed E-state index contributed by atoms with van der Waals surface area (Å²) in [6.45, 7) is 0. The number of H-pyrrole nitrogens is 2. The van der Waals surface area contributed by atoms with E-state index in [1.807, 2.05) is 24.3 Å². The van der Waals surface area contributed by atoms with Crippen LogP contribution in [-0.4, -0.2) is 91.0 Å². The van der Waals surface area contributed by atoms with E-state index >= 15 is 0 Å². The maximum absolute atomic E-state index is 13.6. The number of nitrogens with one attached hydrogen (secondary N) is 5. The van der Waals surface area contributed by atoms with E-state index in [2.05, 4.69) is 30.9 Å². The van der Waals surface area contributed by atoms with Gasteiger partial charge in [-0.2, -0.15) is 11.8 Å².